The lowest BCUT2D eigenvalue weighted by Gasteiger charge is -2.21. The van der Waals surface area contributed by atoms with Gasteiger partial charge < -0.3 is 0 Å². The molecule has 1 aromatic rings. The van der Waals surface area contributed by atoms with Crippen molar-refractivity contribution in [2.75, 3.05) is 0 Å². The zero-order valence-electron chi connectivity index (χ0n) is 9.78. The first-order chi connectivity index (χ1) is 8.40. The summed E-state index contributed by atoms with van der Waals surface area (Å²) >= 11 is 0. The van der Waals surface area contributed by atoms with Crippen LogP contribution in [0.4, 0.5) is 5.69 Å². The minimum Gasteiger partial charge on any atom is -0.251 e. The molecule has 0 N–H and O–H groups in total. The van der Waals surface area contributed by atoms with E-state index in [2.05, 4.69) is 10.9 Å². The molecule has 17 heavy (non-hydrogen) atoms. The van der Waals surface area contributed by atoms with Crippen molar-refractivity contribution in [3.63, 3.8) is 0 Å². The van der Waals surface area contributed by atoms with E-state index in [1.54, 1.807) is 0 Å². The number of nitrogens with zero attached hydrogens (tertiary/aromatic N) is 1. The van der Waals surface area contributed by atoms with Crippen LogP contribution in [-0.2, 0) is 4.79 Å². The summed E-state index contributed by atoms with van der Waals surface area (Å²) < 4.78 is 0. The molecule has 0 atom stereocenters. The molecule has 0 unspecified atom stereocenters. The van der Waals surface area contributed by atoms with Crippen molar-refractivity contribution in [3.8, 4) is 0 Å². The number of hydrogen-bond donors (Lipinski definition) is 0. The molecule has 0 radical (unpaired) electrons. The van der Waals surface area contributed by atoms with Gasteiger partial charge in [-0.2, -0.15) is 0 Å². The summed E-state index contributed by atoms with van der Waals surface area (Å²) in [6, 6.07) is 7.86. The van der Waals surface area contributed by atoms with E-state index >= 15 is 0 Å². The summed E-state index contributed by atoms with van der Waals surface area (Å²) in [6.45, 7) is 0. The molecule has 0 saturated heterocycles. The second-order valence-corrected chi connectivity index (χ2v) is 4.83. The second-order valence-electron chi connectivity index (χ2n) is 4.83. The van der Waals surface area contributed by atoms with Crippen LogP contribution in [0, 0.1) is 5.92 Å². The van der Waals surface area contributed by atoms with Crippen molar-refractivity contribution < 1.29 is 4.79 Å². The maximum atomic E-state index is 11.2. The van der Waals surface area contributed by atoms with Crippen LogP contribution >= 0.6 is 0 Å². The molecule has 1 aliphatic heterocycles. The highest BCUT2D eigenvalue weighted by atomic mass is 16.1. The highest BCUT2D eigenvalue weighted by Crippen LogP contribution is 2.39. The molecule has 1 aromatic carbocycles. The third-order valence-corrected chi connectivity index (χ3v) is 3.76. The standard InChI is InChI=1S/C15H15NO/c17-10-13-12-8-4-5-9-14(12)16-15(13)11-6-2-1-3-7-11/h4-5,8-9,11H,1-3,6-7H2. The molecule has 86 valence electrons. The summed E-state index contributed by atoms with van der Waals surface area (Å²) in [5.41, 5.74) is 3.59. The maximum Gasteiger partial charge on any atom is 0.135 e. The molecule has 1 saturated carbocycles. The molecule has 0 amide bonds. The summed E-state index contributed by atoms with van der Waals surface area (Å²) in [5, 5.41) is 0. The van der Waals surface area contributed by atoms with Gasteiger partial charge in [-0.3, -0.25) is 4.99 Å². The number of allylic oxidation sites excluding steroid dienone is 1. The third kappa shape index (κ3) is 1.75. The lowest BCUT2D eigenvalue weighted by Crippen LogP contribution is -2.17. The molecule has 1 fully saturated rings. The quantitative estimate of drug-likeness (QED) is 0.672. The van der Waals surface area contributed by atoms with E-state index in [0.717, 1.165) is 29.8 Å². The number of benzene rings is 1. The van der Waals surface area contributed by atoms with Crippen LogP contribution in [0.3, 0.4) is 0 Å². The normalized spacial score (nSPS) is 19.8. The van der Waals surface area contributed by atoms with Crippen LogP contribution < -0.4 is 0 Å². The SMILES string of the molecule is O=C=C1C(C2CCCCC2)=Nc2ccccc21. The molecule has 1 aliphatic carbocycles. The average molecular weight is 225 g/mol. The van der Waals surface area contributed by atoms with Crippen molar-refractivity contribution in [2.45, 2.75) is 32.1 Å². The second kappa shape index (κ2) is 4.31. The minimum atomic E-state index is 0.465. The van der Waals surface area contributed by atoms with Crippen molar-refractivity contribution in [2.24, 2.45) is 10.9 Å². The van der Waals surface area contributed by atoms with Crippen LogP contribution in [-0.4, -0.2) is 11.7 Å². The van der Waals surface area contributed by atoms with Gasteiger partial charge in [0.25, 0.3) is 0 Å². The Morgan fingerprint density at radius 2 is 1.88 bits per heavy atom. The Kier molecular flexibility index (Phi) is 2.66. The molecule has 2 heteroatoms. The first-order valence-corrected chi connectivity index (χ1v) is 6.33. The van der Waals surface area contributed by atoms with Gasteiger partial charge in [-0.25, -0.2) is 4.79 Å². The van der Waals surface area contributed by atoms with Gasteiger partial charge in [0.2, 0.25) is 0 Å². The van der Waals surface area contributed by atoms with Gasteiger partial charge in [-0.05, 0) is 18.9 Å². The molecule has 0 spiro atoms. The minimum absolute atomic E-state index is 0.465. The smallest absolute Gasteiger partial charge is 0.135 e. The topological polar surface area (TPSA) is 29.4 Å². The van der Waals surface area contributed by atoms with Gasteiger partial charge in [-0.1, -0.05) is 37.5 Å². The molecule has 2 nitrogen and oxygen atoms in total. The van der Waals surface area contributed by atoms with E-state index in [-0.39, 0.29) is 0 Å². The van der Waals surface area contributed by atoms with Gasteiger partial charge in [-0.15, -0.1) is 0 Å². The Morgan fingerprint density at radius 3 is 2.65 bits per heavy atom. The van der Waals surface area contributed by atoms with E-state index in [4.69, 9.17) is 0 Å². The van der Waals surface area contributed by atoms with Crippen LogP contribution in [0.1, 0.15) is 37.7 Å². The highest BCUT2D eigenvalue weighted by molar-refractivity contribution is 6.36. The number of rotatable bonds is 1. The number of fused-ring (bicyclic) bond motifs is 1. The summed E-state index contributed by atoms with van der Waals surface area (Å²) in [4.78, 5) is 15.8. The average Bonchev–Trinajstić information content (AvgIpc) is 2.78. The Morgan fingerprint density at radius 1 is 1.12 bits per heavy atom. The molecule has 0 bridgehead atoms. The van der Waals surface area contributed by atoms with Crippen molar-refractivity contribution in [1.82, 2.24) is 0 Å². The van der Waals surface area contributed by atoms with Crippen LogP contribution in [0.25, 0.3) is 5.57 Å². The van der Waals surface area contributed by atoms with Gasteiger partial charge in [0.15, 0.2) is 0 Å². The van der Waals surface area contributed by atoms with Crippen molar-refractivity contribution in [3.05, 3.63) is 29.8 Å². The monoisotopic (exact) mass is 225 g/mol. The van der Waals surface area contributed by atoms with E-state index in [0.29, 0.717) is 11.5 Å². The van der Waals surface area contributed by atoms with Gasteiger partial charge in [0.1, 0.15) is 5.94 Å². The zero-order valence-corrected chi connectivity index (χ0v) is 9.78. The maximum absolute atomic E-state index is 11.2. The predicted molar refractivity (Wildman–Crippen MR) is 69.2 cm³/mol. The van der Waals surface area contributed by atoms with Gasteiger partial charge >= 0.3 is 0 Å². The first kappa shape index (κ1) is 10.5. The fourth-order valence-corrected chi connectivity index (χ4v) is 2.88. The van der Waals surface area contributed by atoms with E-state index in [9.17, 15) is 4.79 Å². The lowest BCUT2D eigenvalue weighted by molar-refractivity contribution is 0.441. The number of para-hydroxylation sites is 1. The summed E-state index contributed by atoms with van der Waals surface area (Å²) in [5.74, 6) is 2.57. The van der Waals surface area contributed by atoms with Crippen LogP contribution in [0.15, 0.2) is 29.3 Å². The van der Waals surface area contributed by atoms with Crippen LogP contribution in [0.5, 0.6) is 0 Å². The molecule has 2 aliphatic rings. The summed E-state index contributed by atoms with van der Waals surface area (Å²) in [7, 11) is 0. The van der Waals surface area contributed by atoms with E-state index in [1.165, 1.54) is 19.3 Å². The Hall–Kier alpha value is -1.66. The number of hydrogen-bond acceptors (Lipinski definition) is 2. The molecular formula is C15H15NO. The Labute approximate surface area is 101 Å². The molecule has 0 aromatic heterocycles. The predicted octanol–water partition coefficient (Wildman–Crippen LogP) is 3.57. The van der Waals surface area contributed by atoms with Gasteiger partial charge in [0.05, 0.1) is 17.0 Å². The molecular weight excluding hydrogens is 210 g/mol. The largest absolute Gasteiger partial charge is 0.251 e. The summed E-state index contributed by atoms with van der Waals surface area (Å²) in [6.07, 6.45) is 6.16. The highest BCUT2D eigenvalue weighted by Gasteiger charge is 2.29. The molecule has 3 rings (SSSR count). The van der Waals surface area contributed by atoms with Crippen LogP contribution in [0.2, 0.25) is 0 Å². The first-order valence-electron chi connectivity index (χ1n) is 6.33. The fraction of sp³-hybridized carbons (Fsp3) is 0.400. The number of aliphatic imine (C=N–C) groups is 1. The molecule has 1 heterocycles. The van der Waals surface area contributed by atoms with E-state index in [1.807, 2.05) is 24.3 Å². The zero-order chi connectivity index (χ0) is 11.7. The fourth-order valence-electron chi connectivity index (χ4n) is 2.88. The Bertz CT molecular complexity index is 517. The van der Waals surface area contributed by atoms with E-state index < -0.39 is 0 Å². The van der Waals surface area contributed by atoms with Crippen molar-refractivity contribution in [1.29, 1.82) is 0 Å². The van der Waals surface area contributed by atoms with Gasteiger partial charge in [0, 0.05) is 11.5 Å². The third-order valence-electron chi connectivity index (χ3n) is 3.76. The van der Waals surface area contributed by atoms with Crippen molar-refractivity contribution >= 4 is 22.9 Å². The Balaban J connectivity index is 2.00. The lowest BCUT2D eigenvalue weighted by atomic mass is 9.83. The number of carbonyl (C=O) groups excluding carboxylic acids is 1.